The molecular formula is C7H5F5O2. The van der Waals surface area contributed by atoms with E-state index < -0.39 is 23.8 Å². The molecule has 0 amide bonds. The quantitative estimate of drug-likeness (QED) is 0.770. The van der Waals surface area contributed by atoms with Crippen molar-refractivity contribution < 1.29 is 31.5 Å². The van der Waals surface area contributed by atoms with Crippen molar-refractivity contribution in [2.45, 2.75) is 18.2 Å². The zero-order valence-electron chi connectivity index (χ0n) is 6.55. The molecule has 0 saturated heterocycles. The first kappa shape index (κ1) is 11.0. The predicted molar refractivity (Wildman–Crippen MR) is 34.7 cm³/mol. The Balaban J connectivity index is 2.94. The highest BCUT2D eigenvalue weighted by Gasteiger charge is 2.62. The molecule has 0 bridgehead atoms. The van der Waals surface area contributed by atoms with Gasteiger partial charge >= 0.3 is 12.1 Å². The molecule has 1 rings (SSSR count). The standard InChI is InChI=1S/C7H5F5O2/c8-6(9,7(10,11)12)5(13)4-1-2-14-3-4/h1-3,5,13H. The van der Waals surface area contributed by atoms with Gasteiger partial charge in [-0.05, 0) is 6.07 Å². The van der Waals surface area contributed by atoms with E-state index in [1.807, 2.05) is 0 Å². The third kappa shape index (κ3) is 1.72. The Morgan fingerprint density at radius 2 is 1.79 bits per heavy atom. The van der Waals surface area contributed by atoms with Crippen molar-refractivity contribution in [2.75, 3.05) is 0 Å². The predicted octanol–water partition coefficient (Wildman–Crippen LogP) is 2.51. The fraction of sp³-hybridized carbons (Fsp3) is 0.429. The number of hydrogen-bond acceptors (Lipinski definition) is 2. The monoisotopic (exact) mass is 216 g/mol. The van der Waals surface area contributed by atoms with E-state index in [0.29, 0.717) is 6.26 Å². The van der Waals surface area contributed by atoms with Crippen LogP contribution in [0.2, 0.25) is 0 Å². The maximum atomic E-state index is 12.5. The van der Waals surface area contributed by atoms with Crippen molar-refractivity contribution in [1.82, 2.24) is 0 Å². The smallest absolute Gasteiger partial charge is 0.456 e. The second-order valence-electron chi connectivity index (χ2n) is 2.58. The number of aliphatic hydroxyl groups excluding tert-OH is 1. The highest BCUT2D eigenvalue weighted by atomic mass is 19.4. The summed E-state index contributed by atoms with van der Waals surface area (Å²) in [6.07, 6.45) is -7.21. The lowest BCUT2D eigenvalue weighted by Crippen LogP contribution is -2.42. The minimum Gasteiger partial charge on any atom is -0.472 e. The summed E-state index contributed by atoms with van der Waals surface area (Å²) in [5, 5.41) is 8.74. The Bertz CT molecular complexity index is 290. The van der Waals surface area contributed by atoms with Crippen LogP contribution >= 0.6 is 0 Å². The van der Waals surface area contributed by atoms with Crippen LogP contribution in [0.25, 0.3) is 0 Å². The van der Waals surface area contributed by atoms with E-state index in [9.17, 15) is 22.0 Å². The van der Waals surface area contributed by atoms with Gasteiger partial charge < -0.3 is 9.52 Å². The van der Waals surface area contributed by atoms with E-state index in [4.69, 9.17) is 5.11 Å². The first-order valence-corrected chi connectivity index (χ1v) is 3.41. The van der Waals surface area contributed by atoms with Gasteiger partial charge in [0.05, 0.1) is 12.5 Å². The third-order valence-corrected chi connectivity index (χ3v) is 1.58. The van der Waals surface area contributed by atoms with Gasteiger partial charge in [0.15, 0.2) is 6.10 Å². The molecule has 0 aliphatic carbocycles. The van der Waals surface area contributed by atoms with Crippen molar-refractivity contribution in [1.29, 1.82) is 0 Å². The Labute approximate surface area is 74.9 Å². The lowest BCUT2D eigenvalue weighted by molar-refractivity contribution is -0.315. The molecule has 80 valence electrons. The van der Waals surface area contributed by atoms with Crippen LogP contribution < -0.4 is 0 Å². The SMILES string of the molecule is OC(c1ccoc1)C(F)(F)C(F)(F)F. The second kappa shape index (κ2) is 3.23. The highest BCUT2D eigenvalue weighted by molar-refractivity contribution is 5.13. The number of alkyl halides is 5. The van der Waals surface area contributed by atoms with Crippen LogP contribution in [0.1, 0.15) is 11.7 Å². The molecule has 0 aliphatic rings. The van der Waals surface area contributed by atoms with E-state index in [1.54, 1.807) is 0 Å². The van der Waals surface area contributed by atoms with Gasteiger partial charge in [0.2, 0.25) is 0 Å². The molecule has 0 saturated carbocycles. The van der Waals surface area contributed by atoms with Gasteiger partial charge in [-0.25, -0.2) is 0 Å². The summed E-state index contributed by atoms with van der Waals surface area (Å²) in [6.45, 7) is 0. The van der Waals surface area contributed by atoms with E-state index in [0.717, 1.165) is 12.3 Å². The highest BCUT2D eigenvalue weighted by Crippen LogP contribution is 2.44. The molecule has 1 unspecified atom stereocenters. The summed E-state index contributed by atoms with van der Waals surface area (Å²) in [7, 11) is 0. The number of aliphatic hydroxyl groups is 1. The molecule has 1 heterocycles. The number of hydrogen-bond donors (Lipinski definition) is 1. The maximum absolute atomic E-state index is 12.5. The first-order valence-electron chi connectivity index (χ1n) is 3.41. The van der Waals surface area contributed by atoms with Crippen LogP contribution in [-0.2, 0) is 0 Å². The van der Waals surface area contributed by atoms with Gasteiger partial charge in [0.25, 0.3) is 0 Å². The Hall–Kier alpha value is -1.11. The largest absolute Gasteiger partial charge is 0.472 e. The number of rotatable bonds is 2. The summed E-state index contributed by atoms with van der Waals surface area (Å²) in [5.41, 5.74) is -0.618. The van der Waals surface area contributed by atoms with Crippen LogP contribution in [0.3, 0.4) is 0 Å². The minimum absolute atomic E-state index is 0.618. The molecule has 7 heteroatoms. The van der Waals surface area contributed by atoms with Crippen LogP contribution in [-0.4, -0.2) is 17.2 Å². The fourth-order valence-corrected chi connectivity index (χ4v) is 0.795. The molecule has 0 aromatic carbocycles. The topological polar surface area (TPSA) is 33.4 Å². The summed E-state index contributed by atoms with van der Waals surface area (Å²) < 4.78 is 64.4. The zero-order chi connectivity index (χ0) is 11.0. The van der Waals surface area contributed by atoms with E-state index >= 15 is 0 Å². The van der Waals surface area contributed by atoms with Gasteiger partial charge in [0.1, 0.15) is 0 Å². The van der Waals surface area contributed by atoms with E-state index in [2.05, 4.69) is 4.42 Å². The van der Waals surface area contributed by atoms with Crippen molar-refractivity contribution in [3.63, 3.8) is 0 Å². The van der Waals surface area contributed by atoms with Gasteiger partial charge in [-0.2, -0.15) is 22.0 Å². The maximum Gasteiger partial charge on any atom is 0.456 e. The van der Waals surface area contributed by atoms with Crippen molar-refractivity contribution in [2.24, 2.45) is 0 Å². The summed E-state index contributed by atoms with van der Waals surface area (Å²) in [4.78, 5) is 0. The molecule has 0 spiro atoms. The molecule has 1 aromatic heterocycles. The Kier molecular flexibility index (Phi) is 2.53. The summed E-state index contributed by atoms with van der Waals surface area (Å²) in [6, 6.07) is 0.838. The van der Waals surface area contributed by atoms with Gasteiger partial charge in [-0.1, -0.05) is 0 Å². The fourth-order valence-electron chi connectivity index (χ4n) is 0.795. The molecule has 14 heavy (non-hydrogen) atoms. The molecule has 1 atom stereocenters. The van der Waals surface area contributed by atoms with Crippen LogP contribution in [0.15, 0.2) is 23.0 Å². The van der Waals surface area contributed by atoms with Crippen molar-refractivity contribution in [3.8, 4) is 0 Å². The second-order valence-corrected chi connectivity index (χ2v) is 2.58. The Morgan fingerprint density at radius 1 is 1.21 bits per heavy atom. The summed E-state index contributed by atoms with van der Waals surface area (Å²) in [5.74, 6) is -5.18. The molecule has 1 N–H and O–H groups in total. The minimum atomic E-state index is -5.79. The number of halogens is 5. The average Bonchev–Trinajstić information content (AvgIpc) is 2.52. The lowest BCUT2D eigenvalue weighted by Gasteiger charge is -2.23. The van der Waals surface area contributed by atoms with Gasteiger partial charge in [0, 0.05) is 5.56 Å². The Morgan fingerprint density at radius 3 is 2.14 bits per heavy atom. The molecule has 0 radical (unpaired) electrons. The summed E-state index contributed by atoms with van der Waals surface area (Å²) >= 11 is 0. The first-order chi connectivity index (χ1) is 6.27. The molecule has 0 aliphatic heterocycles. The number of furan rings is 1. The van der Waals surface area contributed by atoms with Gasteiger partial charge in [-0.15, -0.1) is 0 Å². The third-order valence-electron chi connectivity index (χ3n) is 1.58. The molecular weight excluding hydrogens is 211 g/mol. The van der Waals surface area contributed by atoms with E-state index in [-0.39, 0.29) is 0 Å². The van der Waals surface area contributed by atoms with Crippen molar-refractivity contribution in [3.05, 3.63) is 24.2 Å². The van der Waals surface area contributed by atoms with Gasteiger partial charge in [-0.3, -0.25) is 0 Å². The van der Waals surface area contributed by atoms with E-state index in [1.165, 1.54) is 0 Å². The van der Waals surface area contributed by atoms with Crippen LogP contribution in [0, 0.1) is 0 Å². The van der Waals surface area contributed by atoms with Crippen LogP contribution in [0.5, 0.6) is 0 Å². The average molecular weight is 216 g/mol. The van der Waals surface area contributed by atoms with Crippen molar-refractivity contribution >= 4 is 0 Å². The molecule has 1 aromatic rings. The zero-order valence-corrected chi connectivity index (χ0v) is 6.55. The molecule has 2 nitrogen and oxygen atoms in total. The lowest BCUT2D eigenvalue weighted by atomic mass is 10.1. The normalized spacial score (nSPS) is 15.6. The molecule has 0 fully saturated rings. The van der Waals surface area contributed by atoms with Crippen LogP contribution in [0.4, 0.5) is 22.0 Å².